The van der Waals surface area contributed by atoms with Gasteiger partial charge in [0.2, 0.25) is 11.6 Å². The molecule has 32 heavy (non-hydrogen) atoms. The molecule has 0 bridgehead atoms. The summed E-state index contributed by atoms with van der Waals surface area (Å²) >= 11 is 0. The number of hydrogen-bond donors (Lipinski definition) is 1. The number of nitrogens with one attached hydrogen (secondary N) is 1. The van der Waals surface area contributed by atoms with E-state index in [4.69, 9.17) is 14.2 Å². The fourth-order valence-corrected chi connectivity index (χ4v) is 3.75. The first-order valence-electron chi connectivity index (χ1n) is 10.2. The van der Waals surface area contributed by atoms with Crippen molar-refractivity contribution < 1.29 is 23.9 Å². The molecule has 1 N–H and O–H groups in total. The van der Waals surface area contributed by atoms with Gasteiger partial charge in [-0.15, -0.1) is 0 Å². The number of ether oxygens (including phenoxy) is 3. The fraction of sp³-hybridized carbons (Fsp3) is 0.476. The highest BCUT2D eigenvalue weighted by atomic mass is 16.6. The normalized spacial score (nSPS) is 14.0. The van der Waals surface area contributed by atoms with Crippen molar-refractivity contribution >= 4 is 23.3 Å². The van der Waals surface area contributed by atoms with Crippen molar-refractivity contribution in [3.8, 4) is 11.5 Å². The molecule has 2 aromatic rings. The lowest BCUT2D eigenvalue weighted by atomic mass is 9.97. The summed E-state index contributed by atoms with van der Waals surface area (Å²) in [7, 11) is 4.51. The van der Waals surface area contributed by atoms with Crippen molar-refractivity contribution in [3.63, 3.8) is 0 Å². The zero-order chi connectivity index (χ0) is 23.1. The average molecular weight is 445 g/mol. The molecule has 0 aliphatic carbocycles. The van der Waals surface area contributed by atoms with Crippen molar-refractivity contribution in [3.05, 3.63) is 40.2 Å². The summed E-state index contributed by atoms with van der Waals surface area (Å²) in [5, 5.41) is 14.9. The Balaban J connectivity index is 1.70. The zero-order valence-corrected chi connectivity index (χ0v) is 18.4. The lowest BCUT2D eigenvalue weighted by molar-refractivity contribution is -0.383. The van der Waals surface area contributed by atoms with Crippen LogP contribution in [0.4, 0.5) is 17.3 Å². The van der Waals surface area contributed by atoms with Crippen LogP contribution in [0.1, 0.15) is 18.4 Å². The van der Waals surface area contributed by atoms with Crippen LogP contribution in [0.2, 0.25) is 0 Å². The maximum absolute atomic E-state index is 11.8. The maximum Gasteiger partial charge on any atom is 0.353 e. The van der Waals surface area contributed by atoms with E-state index in [1.54, 1.807) is 14.2 Å². The molecule has 2 heterocycles. The van der Waals surface area contributed by atoms with Crippen LogP contribution in [0, 0.1) is 16.0 Å². The summed E-state index contributed by atoms with van der Waals surface area (Å²) in [5.74, 6) is 1.22. The number of aromatic nitrogens is 2. The van der Waals surface area contributed by atoms with Gasteiger partial charge in [-0.2, -0.15) is 0 Å². The average Bonchev–Trinajstić information content (AvgIpc) is 2.83. The van der Waals surface area contributed by atoms with Crippen molar-refractivity contribution in [2.24, 2.45) is 5.92 Å². The van der Waals surface area contributed by atoms with E-state index in [0.717, 1.165) is 5.56 Å². The Kier molecular flexibility index (Phi) is 7.63. The topological polar surface area (TPSA) is 129 Å². The van der Waals surface area contributed by atoms with Crippen LogP contribution in [0.25, 0.3) is 0 Å². The molecule has 1 aromatic heterocycles. The SMILES string of the molecule is COC(=O)C1CCN(c2ncnc(NCCc3ccc(OC)c(OC)c3)c2[N+](=O)[O-])CC1. The third-order valence-electron chi connectivity index (χ3n) is 5.47. The van der Waals surface area contributed by atoms with Crippen LogP contribution >= 0.6 is 0 Å². The number of carbonyl (C=O) groups excluding carboxylic acids is 1. The van der Waals surface area contributed by atoms with Crippen LogP contribution in [0.5, 0.6) is 11.5 Å². The number of nitro groups is 1. The molecule has 0 atom stereocenters. The number of rotatable bonds is 9. The van der Waals surface area contributed by atoms with Gasteiger partial charge in [-0.3, -0.25) is 14.9 Å². The minimum absolute atomic E-state index is 0.163. The number of carbonyl (C=O) groups is 1. The smallest absolute Gasteiger partial charge is 0.353 e. The summed E-state index contributed by atoms with van der Waals surface area (Å²) in [4.78, 5) is 33.2. The van der Waals surface area contributed by atoms with Crippen LogP contribution < -0.4 is 19.7 Å². The first kappa shape index (κ1) is 23.0. The van der Waals surface area contributed by atoms with E-state index in [1.807, 2.05) is 23.1 Å². The van der Waals surface area contributed by atoms with E-state index in [1.165, 1.54) is 13.4 Å². The lowest BCUT2D eigenvalue weighted by Crippen LogP contribution is -2.37. The first-order valence-corrected chi connectivity index (χ1v) is 10.2. The van der Waals surface area contributed by atoms with Crippen LogP contribution in [-0.2, 0) is 16.0 Å². The second-order valence-corrected chi connectivity index (χ2v) is 7.30. The Morgan fingerprint density at radius 3 is 2.53 bits per heavy atom. The van der Waals surface area contributed by atoms with E-state index < -0.39 is 4.92 Å². The molecular weight excluding hydrogens is 418 g/mol. The van der Waals surface area contributed by atoms with E-state index in [2.05, 4.69) is 15.3 Å². The maximum atomic E-state index is 11.8. The summed E-state index contributed by atoms with van der Waals surface area (Å²) < 4.78 is 15.4. The minimum atomic E-state index is -0.472. The molecule has 172 valence electrons. The summed E-state index contributed by atoms with van der Waals surface area (Å²) in [6, 6.07) is 5.59. The highest BCUT2D eigenvalue weighted by Crippen LogP contribution is 2.34. The molecule has 0 amide bonds. The van der Waals surface area contributed by atoms with Crippen molar-refractivity contribution in [2.45, 2.75) is 19.3 Å². The second-order valence-electron chi connectivity index (χ2n) is 7.30. The summed E-state index contributed by atoms with van der Waals surface area (Å²) in [6.45, 7) is 1.38. The van der Waals surface area contributed by atoms with Gasteiger partial charge in [0.15, 0.2) is 11.5 Å². The van der Waals surface area contributed by atoms with Gasteiger partial charge < -0.3 is 24.4 Å². The molecular formula is C21H27N5O6. The molecule has 11 nitrogen and oxygen atoms in total. The molecule has 1 fully saturated rings. The quantitative estimate of drug-likeness (QED) is 0.349. The molecule has 0 unspecified atom stereocenters. The van der Waals surface area contributed by atoms with Gasteiger partial charge in [0.25, 0.3) is 0 Å². The van der Waals surface area contributed by atoms with Crippen molar-refractivity contribution in [1.29, 1.82) is 0 Å². The number of hydrogen-bond acceptors (Lipinski definition) is 10. The number of methoxy groups -OCH3 is 3. The zero-order valence-electron chi connectivity index (χ0n) is 18.4. The Morgan fingerprint density at radius 2 is 1.91 bits per heavy atom. The predicted molar refractivity (Wildman–Crippen MR) is 117 cm³/mol. The van der Waals surface area contributed by atoms with E-state index in [-0.39, 0.29) is 29.2 Å². The molecule has 0 saturated carbocycles. The Morgan fingerprint density at radius 1 is 1.19 bits per heavy atom. The number of benzene rings is 1. The number of piperidine rings is 1. The molecule has 1 aromatic carbocycles. The van der Waals surface area contributed by atoms with Crippen molar-refractivity contribution in [1.82, 2.24) is 9.97 Å². The highest BCUT2D eigenvalue weighted by Gasteiger charge is 2.32. The van der Waals surface area contributed by atoms with Crippen LogP contribution in [0.15, 0.2) is 24.5 Å². The third-order valence-corrected chi connectivity index (χ3v) is 5.47. The largest absolute Gasteiger partial charge is 0.493 e. The Labute approximate surface area is 185 Å². The van der Waals surface area contributed by atoms with E-state index in [9.17, 15) is 14.9 Å². The third kappa shape index (κ3) is 5.16. The van der Waals surface area contributed by atoms with Crippen LogP contribution in [-0.4, -0.2) is 61.8 Å². The van der Waals surface area contributed by atoms with Gasteiger partial charge in [-0.1, -0.05) is 6.07 Å². The van der Waals surface area contributed by atoms with Gasteiger partial charge in [-0.05, 0) is 37.0 Å². The van der Waals surface area contributed by atoms with Gasteiger partial charge in [-0.25, -0.2) is 9.97 Å². The van der Waals surface area contributed by atoms with Crippen molar-refractivity contribution in [2.75, 3.05) is 51.2 Å². The minimum Gasteiger partial charge on any atom is -0.493 e. The molecule has 1 saturated heterocycles. The number of nitrogens with zero attached hydrogens (tertiary/aromatic N) is 4. The molecule has 3 rings (SSSR count). The Bertz CT molecular complexity index is 962. The number of anilines is 2. The van der Waals surface area contributed by atoms with Gasteiger partial charge in [0.05, 0.1) is 32.2 Å². The summed E-state index contributed by atoms with van der Waals surface area (Å²) in [5.41, 5.74) is 0.813. The molecule has 11 heteroatoms. The monoisotopic (exact) mass is 445 g/mol. The lowest BCUT2D eigenvalue weighted by Gasteiger charge is -2.31. The predicted octanol–water partition coefficient (Wildman–Crippen LogP) is 2.45. The fourth-order valence-electron chi connectivity index (χ4n) is 3.75. The van der Waals surface area contributed by atoms with Gasteiger partial charge in [0, 0.05) is 19.6 Å². The second kappa shape index (κ2) is 10.6. The van der Waals surface area contributed by atoms with E-state index >= 15 is 0 Å². The molecule has 1 aliphatic rings. The molecule has 0 spiro atoms. The Hall–Kier alpha value is -3.63. The number of esters is 1. The van der Waals surface area contributed by atoms with E-state index in [0.29, 0.717) is 50.4 Å². The molecule has 0 radical (unpaired) electrons. The summed E-state index contributed by atoms with van der Waals surface area (Å²) in [6.07, 6.45) is 3.01. The first-order chi connectivity index (χ1) is 15.5. The standard InChI is InChI=1S/C21H27N5O6/c1-30-16-5-4-14(12-17(16)31-2)6-9-22-19-18(26(28)29)20(24-13-23-19)25-10-7-15(8-11-25)21(27)32-3/h4-5,12-13,15H,6-11H2,1-3H3,(H,22,23,24). The molecule has 1 aliphatic heterocycles. The van der Waals surface area contributed by atoms with Gasteiger partial charge in [0.1, 0.15) is 6.33 Å². The highest BCUT2D eigenvalue weighted by molar-refractivity contribution is 5.74. The van der Waals surface area contributed by atoms with Crippen LogP contribution in [0.3, 0.4) is 0 Å². The van der Waals surface area contributed by atoms with Gasteiger partial charge >= 0.3 is 11.7 Å².